The second-order valence-electron chi connectivity index (χ2n) is 12.4. The van der Waals surface area contributed by atoms with Gasteiger partial charge in [0, 0.05) is 21.9 Å². The molecule has 1 aliphatic carbocycles. The first kappa shape index (κ1) is 26.5. The van der Waals surface area contributed by atoms with Crippen LogP contribution < -0.4 is 11.1 Å². The van der Waals surface area contributed by atoms with E-state index in [9.17, 15) is 0 Å². The molecule has 0 saturated carbocycles. The Morgan fingerprint density at radius 3 is 2.11 bits per heavy atom. The number of nitrogens with one attached hydrogen (secondary N) is 1. The van der Waals surface area contributed by atoms with Crippen molar-refractivity contribution in [1.82, 2.24) is 9.88 Å². The Kier molecular flexibility index (Phi) is 6.18. The highest BCUT2D eigenvalue weighted by Crippen LogP contribution is 2.50. The molecule has 0 bridgehead atoms. The fraction of sp³-hybridized carbons (Fsp3) is 0.122. The third-order valence-corrected chi connectivity index (χ3v) is 9.59. The topological polar surface area (TPSA) is 43.0 Å². The molecule has 0 aliphatic heterocycles. The Bertz CT molecular complexity index is 2150. The molecule has 214 valence electrons. The fourth-order valence-electron chi connectivity index (χ4n) is 7.27. The summed E-state index contributed by atoms with van der Waals surface area (Å²) in [6.45, 7) is 5.33. The standard InChI is InChI=1S/C41H35N3/c1-41(2)35-17-9-6-14-30(35)33-24-34-31-15-8-11-19-38(31)44(39(34)25-36(33)41)26-43-40(32-16-7-10-18-37(32)42)29-22-20-28(21-23-29)27-12-4-3-5-13-27/h3-25,40,43H,26,42H2,1-2H3. The summed E-state index contributed by atoms with van der Waals surface area (Å²) in [5.74, 6) is 0. The molecule has 0 saturated heterocycles. The number of fused-ring (bicyclic) bond motifs is 6. The average molecular weight is 570 g/mol. The van der Waals surface area contributed by atoms with Crippen LogP contribution in [0.4, 0.5) is 5.69 Å². The monoisotopic (exact) mass is 569 g/mol. The fourth-order valence-corrected chi connectivity index (χ4v) is 7.27. The molecule has 0 spiro atoms. The van der Waals surface area contributed by atoms with E-state index in [1.807, 2.05) is 12.1 Å². The van der Waals surface area contributed by atoms with Crippen LogP contribution in [-0.4, -0.2) is 4.57 Å². The number of para-hydroxylation sites is 2. The molecule has 44 heavy (non-hydrogen) atoms. The third-order valence-electron chi connectivity index (χ3n) is 9.59. The van der Waals surface area contributed by atoms with Crippen molar-refractivity contribution in [3.05, 3.63) is 162 Å². The van der Waals surface area contributed by atoms with Crippen molar-refractivity contribution in [2.24, 2.45) is 0 Å². The Morgan fingerprint density at radius 1 is 0.614 bits per heavy atom. The molecule has 0 radical (unpaired) electrons. The Morgan fingerprint density at radius 2 is 1.30 bits per heavy atom. The lowest BCUT2D eigenvalue weighted by atomic mass is 9.82. The van der Waals surface area contributed by atoms with Gasteiger partial charge in [0.15, 0.2) is 0 Å². The molecular weight excluding hydrogens is 534 g/mol. The van der Waals surface area contributed by atoms with Gasteiger partial charge in [-0.1, -0.05) is 129 Å². The van der Waals surface area contributed by atoms with Crippen molar-refractivity contribution in [3.63, 3.8) is 0 Å². The largest absolute Gasteiger partial charge is 0.398 e. The maximum atomic E-state index is 6.60. The molecule has 8 rings (SSSR count). The van der Waals surface area contributed by atoms with Crippen LogP contribution in [0.1, 0.15) is 42.1 Å². The van der Waals surface area contributed by atoms with Crippen molar-refractivity contribution in [3.8, 4) is 22.3 Å². The van der Waals surface area contributed by atoms with E-state index in [1.54, 1.807) is 0 Å². The highest BCUT2D eigenvalue weighted by molar-refractivity contribution is 6.10. The molecule has 1 aromatic heterocycles. The summed E-state index contributed by atoms with van der Waals surface area (Å²) in [5.41, 5.74) is 20.0. The Balaban J connectivity index is 1.23. The van der Waals surface area contributed by atoms with Crippen LogP contribution >= 0.6 is 0 Å². The van der Waals surface area contributed by atoms with Crippen molar-refractivity contribution < 1.29 is 0 Å². The van der Waals surface area contributed by atoms with Crippen molar-refractivity contribution in [1.29, 1.82) is 0 Å². The van der Waals surface area contributed by atoms with E-state index < -0.39 is 0 Å². The Hall–Kier alpha value is -5.12. The predicted octanol–water partition coefficient (Wildman–Crippen LogP) is 9.69. The zero-order valence-corrected chi connectivity index (χ0v) is 25.1. The third kappa shape index (κ3) is 4.16. The lowest BCUT2D eigenvalue weighted by Crippen LogP contribution is -2.26. The van der Waals surface area contributed by atoms with E-state index in [1.165, 1.54) is 60.8 Å². The van der Waals surface area contributed by atoms with E-state index >= 15 is 0 Å². The molecule has 1 heterocycles. The van der Waals surface area contributed by atoms with Crippen LogP contribution in [0.2, 0.25) is 0 Å². The summed E-state index contributed by atoms with van der Waals surface area (Å²) in [6, 6.07) is 50.0. The molecule has 1 atom stereocenters. The molecule has 1 aliphatic rings. The first-order chi connectivity index (χ1) is 21.5. The number of hydrogen-bond donors (Lipinski definition) is 2. The number of rotatable bonds is 6. The van der Waals surface area contributed by atoms with Gasteiger partial charge < -0.3 is 10.3 Å². The van der Waals surface area contributed by atoms with E-state index in [0.717, 1.165) is 11.3 Å². The van der Waals surface area contributed by atoms with Gasteiger partial charge in [-0.2, -0.15) is 0 Å². The van der Waals surface area contributed by atoms with E-state index in [4.69, 9.17) is 5.73 Å². The molecule has 6 aromatic carbocycles. The van der Waals surface area contributed by atoms with Gasteiger partial charge in [0.2, 0.25) is 0 Å². The maximum Gasteiger partial charge on any atom is 0.0739 e. The minimum atomic E-state index is -0.0765. The first-order valence-corrected chi connectivity index (χ1v) is 15.4. The van der Waals surface area contributed by atoms with Crippen LogP contribution in [0.3, 0.4) is 0 Å². The minimum Gasteiger partial charge on any atom is -0.398 e. The van der Waals surface area contributed by atoms with Gasteiger partial charge in [-0.3, -0.25) is 5.32 Å². The molecule has 1 unspecified atom stereocenters. The van der Waals surface area contributed by atoms with E-state index in [0.29, 0.717) is 6.67 Å². The Labute approximate surface area is 258 Å². The van der Waals surface area contributed by atoms with Crippen molar-refractivity contribution in [2.75, 3.05) is 5.73 Å². The highest BCUT2D eigenvalue weighted by Gasteiger charge is 2.36. The summed E-state index contributed by atoms with van der Waals surface area (Å²) in [5, 5.41) is 6.49. The van der Waals surface area contributed by atoms with Crippen LogP contribution in [0.5, 0.6) is 0 Å². The molecule has 3 N–H and O–H groups in total. The molecule has 7 aromatic rings. The highest BCUT2D eigenvalue weighted by atomic mass is 15.1. The van der Waals surface area contributed by atoms with Crippen LogP contribution in [0.15, 0.2) is 140 Å². The number of aromatic nitrogens is 1. The summed E-state index contributed by atoms with van der Waals surface area (Å²) in [4.78, 5) is 0. The molecule has 0 amide bonds. The zero-order chi connectivity index (χ0) is 29.8. The maximum absolute atomic E-state index is 6.60. The summed E-state index contributed by atoms with van der Waals surface area (Å²) >= 11 is 0. The van der Waals surface area contributed by atoms with Gasteiger partial charge in [-0.05, 0) is 68.8 Å². The smallest absolute Gasteiger partial charge is 0.0739 e. The summed E-state index contributed by atoms with van der Waals surface area (Å²) in [7, 11) is 0. The normalized spacial score (nSPS) is 14.0. The van der Waals surface area contributed by atoms with Gasteiger partial charge in [0.1, 0.15) is 0 Å². The number of nitrogen functional groups attached to an aromatic ring is 1. The number of hydrogen-bond acceptors (Lipinski definition) is 2. The van der Waals surface area contributed by atoms with Crippen molar-refractivity contribution in [2.45, 2.75) is 32.0 Å². The summed E-state index contributed by atoms with van der Waals surface area (Å²) in [6.07, 6.45) is 0. The second-order valence-corrected chi connectivity index (χ2v) is 12.4. The van der Waals surface area contributed by atoms with Crippen molar-refractivity contribution >= 4 is 27.5 Å². The lowest BCUT2D eigenvalue weighted by molar-refractivity contribution is 0.527. The molecule has 0 fully saturated rings. The van der Waals surface area contributed by atoms with Gasteiger partial charge >= 0.3 is 0 Å². The van der Waals surface area contributed by atoms with E-state index in [-0.39, 0.29) is 11.5 Å². The minimum absolute atomic E-state index is 0.0592. The van der Waals surface area contributed by atoms with Gasteiger partial charge in [0.25, 0.3) is 0 Å². The quantitative estimate of drug-likeness (QED) is 0.196. The van der Waals surface area contributed by atoms with Crippen LogP contribution in [0, 0.1) is 0 Å². The number of nitrogens with zero attached hydrogens (tertiary/aromatic N) is 1. The van der Waals surface area contributed by atoms with Gasteiger partial charge in [-0.15, -0.1) is 0 Å². The van der Waals surface area contributed by atoms with Crippen LogP contribution in [0.25, 0.3) is 44.1 Å². The lowest BCUT2D eigenvalue weighted by Gasteiger charge is -2.24. The predicted molar refractivity (Wildman–Crippen MR) is 185 cm³/mol. The molecule has 3 nitrogen and oxygen atoms in total. The first-order valence-electron chi connectivity index (χ1n) is 15.4. The second kappa shape index (κ2) is 10.3. The zero-order valence-electron chi connectivity index (χ0n) is 25.1. The number of benzene rings is 6. The van der Waals surface area contributed by atoms with Crippen LogP contribution in [-0.2, 0) is 12.1 Å². The number of nitrogens with two attached hydrogens (primary N) is 1. The number of anilines is 1. The van der Waals surface area contributed by atoms with E-state index in [2.05, 4.69) is 151 Å². The van der Waals surface area contributed by atoms with Gasteiger partial charge in [-0.25, -0.2) is 0 Å². The molecular formula is C41H35N3. The summed E-state index contributed by atoms with van der Waals surface area (Å²) < 4.78 is 2.44. The average Bonchev–Trinajstić information content (AvgIpc) is 3.49. The molecule has 3 heteroatoms. The SMILES string of the molecule is CC1(C)c2ccccc2-c2cc3c4ccccc4n(CNC(c4ccc(-c5ccccc5)cc4)c4ccccc4N)c3cc21. The van der Waals surface area contributed by atoms with Gasteiger partial charge in [0.05, 0.1) is 23.7 Å².